The van der Waals surface area contributed by atoms with Gasteiger partial charge in [0.05, 0.1) is 6.61 Å². The number of carbonyl (C=O) groups is 1. The van der Waals surface area contributed by atoms with Gasteiger partial charge < -0.3 is 10.5 Å². The molecule has 0 fully saturated rings. The van der Waals surface area contributed by atoms with Crippen molar-refractivity contribution in [1.29, 1.82) is 0 Å². The Morgan fingerprint density at radius 3 is 2.44 bits per heavy atom. The van der Waals surface area contributed by atoms with E-state index in [1.165, 1.54) is 11.1 Å². The van der Waals surface area contributed by atoms with Gasteiger partial charge in [0.1, 0.15) is 0 Å². The molecule has 1 amide bonds. The lowest BCUT2D eigenvalue weighted by Crippen LogP contribution is -2.10. The summed E-state index contributed by atoms with van der Waals surface area (Å²) in [6.45, 7) is 5.68. The molecule has 0 saturated heterocycles. The second kappa shape index (κ2) is 7.88. The third-order valence-corrected chi connectivity index (χ3v) is 2.88. The first-order valence-corrected chi connectivity index (χ1v) is 6.54. The zero-order chi connectivity index (χ0) is 13.4. The van der Waals surface area contributed by atoms with Crippen molar-refractivity contribution >= 4 is 5.91 Å². The van der Waals surface area contributed by atoms with Gasteiger partial charge in [-0.25, -0.2) is 0 Å². The zero-order valence-electron chi connectivity index (χ0n) is 11.3. The lowest BCUT2D eigenvalue weighted by atomic mass is 10.0. The predicted octanol–water partition coefficient (Wildman–Crippen LogP) is 2.98. The molecule has 3 heteroatoms. The fraction of sp³-hybridized carbons (Fsp3) is 0.533. The van der Waals surface area contributed by atoms with Crippen molar-refractivity contribution in [3.8, 4) is 0 Å². The van der Waals surface area contributed by atoms with Crippen molar-refractivity contribution < 1.29 is 9.53 Å². The molecule has 0 heterocycles. The van der Waals surface area contributed by atoms with Crippen LogP contribution in [0, 0.1) is 0 Å². The number of amides is 1. The van der Waals surface area contributed by atoms with Gasteiger partial charge in [0.2, 0.25) is 5.91 Å². The highest BCUT2D eigenvalue weighted by molar-refractivity contribution is 5.73. The Balaban J connectivity index is 2.17. The minimum atomic E-state index is -0.237. The van der Waals surface area contributed by atoms with E-state index in [0.29, 0.717) is 25.6 Å². The van der Waals surface area contributed by atoms with Crippen LogP contribution in [0.3, 0.4) is 0 Å². The van der Waals surface area contributed by atoms with Crippen LogP contribution in [0.1, 0.15) is 50.2 Å². The van der Waals surface area contributed by atoms with Gasteiger partial charge in [0, 0.05) is 13.0 Å². The number of benzene rings is 1. The summed E-state index contributed by atoms with van der Waals surface area (Å²) in [5.41, 5.74) is 7.59. The predicted molar refractivity (Wildman–Crippen MR) is 73.2 cm³/mol. The van der Waals surface area contributed by atoms with Crippen LogP contribution in [0.15, 0.2) is 24.3 Å². The number of hydrogen-bond acceptors (Lipinski definition) is 2. The molecule has 1 aromatic carbocycles. The molecule has 0 radical (unpaired) electrons. The largest absolute Gasteiger partial charge is 0.377 e. The van der Waals surface area contributed by atoms with E-state index in [9.17, 15) is 4.79 Å². The summed E-state index contributed by atoms with van der Waals surface area (Å²) in [6.07, 6.45) is 2.14. The molecule has 0 unspecified atom stereocenters. The monoisotopic (exact) mass is 249 g/mol. The van der Waals surface area contributed by atoms with E-state index in [4.69, 9.17) is 10.5 Å². The molecule has 0 bridgehead atoms. The van der Waals surface area contributed by atoms with E-state index < -0.39 is 0 Å². The van der Waals surface area contributed by atoms with E-state index in [-0.39, 0.29) is 5.91 Å². The Bertz CT molecular complexity index is 357. The maximum absolute atomic E-state index is 10.5. The lowest BCUT2D eigenvalue weighted by molar-refractivity contribution is -0.118. The summed E-state index contributed by atoms with van der Waals surface area (Å²) in [7, 11) is 0. The van der Waals surface area contributed by atoms with E-state index in [0.717, 1.165) is 12.8 Å². The Hall–Kier alpha value is -1.35. The molecular weight excluding hydrogens is 226 g/mol. The van der Waals surface area contributed by atoms with E-state index in [1.54, 1.807) is 0 Å². The molecule has 0 atom stereocenters. The number of primary amides is 1. The molecule has 0 saturated carbocycles. The van der Waals surface area contributed by atoms with Crippen LogP contribution in [0.4, 0.5) is 0 Å². The Kier molecular flexibility index (Phi) is 6.44. The normalized spacial score (nSPS) is 10.8. The topological polar surface area (TPSA) is 52.3 Å². The number of unbranched alkanes of at least 4 members (excludes halogenated alkanes) is 1. The van der Waals surface area contributed by atoms with Gasteiger partial charge in [-0.1, -0.05) is 38.1 Å². The fourth-order valence-electron chi connectivity index (χ4n) is 1.69. The first kappa shape index (κ1) is 14.7. The van der Waals surface area contributed by atoms with E-state index in [1.807, 2.05) is 0 Å². The minimum absolute atomic E-state index is 0.237. The van der Waals surface area contributed by atoms with Crippen molar-refractivity contribution in [3.63, 3.8) is 0 Å². The lowest BCUT2D eigenvalue weighted by Gasteiger charge is -2.07. The molecule has 0 aliphatic rings. The van der Waals surface area contributed by atoms with Crippen LogP contribution < -0.4 is 5.73 Å². The molecule has 2 N–H and O–H groups in total. The van der Waals surface area contributed by atoms with Gasteiger partial charge >= 0.3 is 0 Å². The maximum atomic E-state index is 10.5. The van der Waals surface area contributed by atoms with Gasteiger partial charge in [-0.3, -0.25) is 4.79 Å². The maximum Gasteiger partial charge on any atom is 0.217 e. The Morgan fingerprint density at radius 1 is 1.22 bits per heavy atom. The Morgan fingerprint density at radius 2 is 1.89 bits per heavy atom. The van der Waals surface area contributed by atoms with Crippen LogP contribution in [0.25, 0.3) is 0 Å². The molecular formula is C15H23NO2. The SMILES string of the molecule is CC(C)c1ccc(COCCCCC(N)=O)cc1. The van der Waals surface area contributed by atoms with Crippen molar-refractivity contribution in [2.45, 2.75) is 45.6 Å². The average Bonchev–Trinajstić information content (AvgIpc) is 2.34. The van der Waals surface area contributed by atoms with Crippen molar-refractivity contribution in [2.75, 3.05) is 6.61 Å². The molecule has 0 aliphatic carbocycles. The average molecular weight is 249 g/mol. The number of ether oxygens (including phenoxy) is 1. The second-order valence-corrected chi connectivity index (χ2v) is 4.87. The summed E-state index contributed by atoms with van der Waals surface area (Å²) in [5.74, 6) is 0.327. The number of nitrogens with two attached hydrogens (primary N) is 1. The highest BCUT2D eigenvalue weighted by atomic mass is 16.5. The summed E-state index contributed by atoms with van der Waals surface area (Å²) >= 11 is 0. The fourth-order valence-corrected chi connectivity index (χ4v) is 1.69. The van der Waals surface area contributed by atoms with Crippen LogP contribution in [-0.4, -0.2) is 12.5 Å². The third-order valence-electron chi connectivity index (χ3n) is 2.88. The van der Waals surface area contributed by atoms with Crippen molar-refractivity contribution in [2.24, 2.45) is 5.73 Å². The van der Waals surface area contributed by atoms with Gasteiger partial charge in [0.15, 0.2) is 0 Å². The molecule has 0 spiro atoms. The third kappa shape index (κ3) is 5.82. The molecule has 0 aromatic heterocycles. The standard InChI is InChI=1S/C15H23NO2/c1-12(2)14-8-6-13(7-9-14)11-18-10-4-3-5-15(16)17/h6-9,12H,3-5,10-11H2,1-2H3,(H2,16,17). The molecule has 0 aliphatic heterocycles. The summed E-state index contributed by atoms with van der Waals surface area (Å²) in [5, 5.41) is 0. The molecule has 1 rings (SSSR count). The van der Waals surface area contributed by atoms with E-state index in [2.05, 4.69) is 38.1 Å². The molecule has 3 nitrogen and oxygen atoms in total. The first-order chi connectivity index (χ1) is 8.59. The number of carbonyl (C=O) groups excluding carboxylic acids is 1. The highest BCUT2D eigenvalue weighted by Crippen LogP contribution is 2.15. The minimum Gasteiger partial charge on any atom is -0.377 e. The van der Waals surface area contributed by atoms with Gasteiger partial charge in [0.25, 0.3) is 0 Å². The van der Waals surface area contributed by atoms with Crippen molar-refractivity contribution in [3.05, 3.63) is 35.4 Å². The second-order valence-electron chi connectivity index (χ2n) is 4.87. The highest BCUT2D eigenvalue weighted by Gasteiger charge is 1.99. The van der Waals surface area contributed by atoms with E-state index >= 15 is 0 Å². The summed E-state index contributed by atoms with van der Waals surface area (Å²) < 4.78 is 5.55. The van der Waals surface area contributed by atoms with Crippen LogP contribution in [0.5, 0.6) is 0 Å². The van der Waals surface area contributed by atoms with Gasteiger partial charge in [-0.05, 0) is 29.9 Å². The molecule has 18 heavy (non-hydrogen) atoms. The smallest absolute Gasteiger partial charge is 0.217 e. The summed E-state index contributed by atoms with van der Waals surface area (Å²) in [4.78, 5) is 10.5. The van der Waals surface area contributed by atoms with Crippen LogP contribution in [-0.2, 0) is 16.1 Å². The summed E-state index contributed by atoms with van der Waals surface area (Å²) in [6, 6.07) is 8.52. The number of hydrogen-bond donors (Lipinski definition) is 1. The molecule has 100 valence electrons. The first-order valence-electron chi connectivity index (χ1n) is 6.54. The van der Waals surface area contributed by atoms with Crippen LogP contribution >= 0.6 is 0 Å². The van der Waals surface area contributed by atoms with Crippen molar-refractivity contribution in [1.82, 2.24) is 0 Å². The molecule has 1 aromatic rings. The number of rotatable bonds is 8. The van der Waals surface area contributed by atoms with Gasteiger partial charge in [-0.15, -0.1) is 0 Å². The Labute approximate surface area is 109 Å². The quantitative estimate of drug-likeness (QED) is 0.720. The zero-order valence-corrected chi connectivity index (χ0v) is 11.3. The van der Waals surface area contributed by atoms with Gasteiger partial charge in [-0.2, -0.15) is 0 Å². The van der Waals surface area contributed by atoms with Crippen LogP contribution in [0.2, 0.25) is 0 Å².